The van der Waals surface area contributed by atoms with Crippen LogP contribution in [0.1, 0.15) is 89.4 Å². The van der Waals surface area contributed by atoms with Crippen LogP contribution in [0.4, 0.5) is 5.13 Å². The minimum Gasteiger partial charge on any atom is -0.390 e. The van der Waals surface area contributed by atoms with Gasteiger partial charge in [-0.2, -0.15) is 0 Å². The molecule has 2 aliphatic rings. The number of morpholine rings is 1. The number of aliphatic hydroxyl groups excluding tert-OH is 2. The van der Waals surface area contributed by atoms with Crippen LogP contribution in [-0.4, -0.2) is 119 Å². The fourth-order valence-electron chi connectivity index (χ4n) is 7.37. The summed E-state index contributed by atoms with van der Waals surface area (Å²) in [5.74, 6) is -1.28. The van der Waals surface area contributed by atoms with E-state index in [0.29, 0.717) is 55.9 Å². The van der Waals surface area contributed by atoms with E-state index in [1.807, 2.05) is 51.1 Å². The molecule has 1 aliphatic carbocycles. The molecule has 13 heteroatoms. The Morgan fingerprint density at radius 2 is 1.75 bits per heavy atom. The molecular formula is C39H62N6O6S. The van der Waals surface area contributed by atoms with E-state index in [1.165, 1.54) is 17.8 Å². The largest absolute Gasteiger partial charge is 0.390 e. The van der Waals surface area contributed by atoms with Crippen molar-refractivity contribution in [2.24, 2.45) is 17.8 Å². The second kappa shape index (κ2) is 21.0. The Balaban J connectivity index is 1.55. The molecule has 1 saturated heterocycles. The van der Waals surface area contributed by atoms with E-state index in [2.05, 4.69) is 15.2 Å². The first-order valence-electron chi connectivity index (χ1n) is 19.2. The Morgan fingerprint density at radius 3 is 2.38 bits per heavy atom. The number of nitrogens with one attached hydrogen (secondary N) is 1. The Labute approximate surface area is 314 Å². The number of nitrogens with two attached hydrogens (primary N) is 1. The number of amides is 3. The number of carbonyl (C=O) groups is 3. The number of aromatic nitrogens is 1. The third kappa shape index (κ3) is 13.1. The third-order valence-corrected chi connectivity index (χ3v) is 11.4. The van der Waals surface area contributed by atoms with Crippen molar-refractivity contribution in [3.8, 4) is 0 Å². The fraction of sp³-hybridized carbons (Fsp3) is 0.692. The average molecular weight is 743 g/mol. The first kappa shape index (κ1) is 41.7. The molecule has 1 aromatic heterocycles. The van der Waals surface area contributed by atoms with Crippen LogP contribution in [0, 0.1) is 17.8 Å². The Kier molecular flexibility index (Phi) is 16.8. The topological polar surface area (TPSA) is 162 Å². The quantitative estimate of drug-likeness (QED) is 0.168. The van der Waals surface area contributed by atoms with Crippen molar-refractivity contribution in [3.63, 3.8) is 0 Å². The van der Waals surface area contributed by atoms with Crippen molar-refractivity contribution in [1.82, 2.24) is 25.0 Å². The van der Waals surface area contributed by atoms with E-state index < -0.39 is 36.1 Å². The summed E-state index contributed by atoms with van der Waals surface area (Å²) in [6, 6.07) is 8.46. The second-order valence-corrected chi connectivity index (χ2v) is 16.1. The summed E-state index contributed by atoms with van der Waals surface area (Å²) < 4.78 is 5.45. The van der Waals surface area contributed by atoms with Crippen LogP contribution >= 0.6 is 11.3 Å². The van der Waals surface area contributed by atoms with Crippen molar-refractivity contribution < 1.29 is 29.3 Å². The second-order valence-electron chi connectivity index (χ2n) is 15.2. The lowest BCUT2D eigenvalue weighted by Gasteiger charge is -2.34. The number of anilines is 1. The zero-order valence-electron chi connectivity index (χ0n) is 31.6. The van der Waals surface area contributed by atoms with Crippen LogP contribution in [0.2, 0.25) is 0 Å². The van der Waals surface area contributed by atoms with Crippen LogP contribution in [-0.2, 0) is 25.5 Å². The van der Waals surface area contributed by atoms with Gasteiger partial charge in [-0.05, 0) is 37.2 Å². The summed E-state index contributed by atoms with van der Waals surface area (Å²) in [5.41, 5.74) is 7.43. The van der Waals surface area contributed by atoms with Gasteiger partial charge in [0.05, 0.1) is 43.0 Å². The molecule has 5 atom stereocenters. The maximum atomic E-state index is 14.4. The molecule has 0 spiro atoms. The summed E-state index contributed by atoms with van der Waals surface area (Å²) in [4.78, 5) is 52.3. The van der Waals surface area contributed by atoms with Gasteiger partial charge < -0.3 is 35.8 Å². The SMILES string of the molecule is CC(C)C[C@H](O)[C@H](O)[C@H](CC1CCCCC1)NC(=O)[C@@H](CC(=O)N(CC(=O)N(C)CCN1CCOCC1)[C@@H](C)c1ccccc1)Cc1csc(N)n1. The number of hydrogen-bond donors (Lipinski definition) is 4. The Bertz CT molecular complexity index is 1380. The standard InChI is InChI=1S/C39H62N6O6S/c1-27(2)21-34(46)37(49)33(22-29-11-7-5-8-12-29)42-38(50)31(23-32-26-52-39(40)41-32)24-35(47)45(28(3)30-13-9-6-10-14-30)25-36(48)43(4)15-16-44-17-19-51-20-18-44/h6,9-10,13-14,26-29,31,33-34,37,46,49H,5,7-8,11-12,15-25H2,1-4H3,(H2,40,41)(H,42,50)/t28-,31+,33-,34-,37+/m0/s1. The number of benzene rings is 1. The molecule has 1 aromatic carbocycles. The minimum atomic E-state index is -1.15. The lowest BCUT2D eigenvalue weighted by molar-refractivity contribution is -0.144. The molecule has 12 nitrogen and oxygen atoms in total. The lowest BCUT2D eigenvalue weighted by atomic mass is 9.82. The summed E-state index contributed by atoms with van der Waals surface area (Å²) in [6.07, 6.45) is 4.20. The number of hydrogen-bond acceptors (Lipinski definition) is 10. The monoisotopic (exact) mass is 742 g/mol. The van der Waals surface area contributed by atoms with E-state index in [4.69, 9.17) is 10.5 Å². The van der Waals surface area contributed by atoms with Crippen molar-refractivity contribution in [3.05, 3.63) is 47.0 Å². The number of ether oxygens (including phenoxy) is 1. The summed E-state index contributed by atoms with van der Waals surface area (Å²) in [7, 11) is 1.76. The summed E-state index contributed by atoms with van der Waals surface area (Å²) in [5, 5.41) is 27.6. The van der Waals surface area contributed by atoms with E-state index in [1.54, 1.807) is 22.2 Å². The highest BCUT2D eigenvalue weighted by atomic mass is 32.1. The molecule has 290 valence electrons. The molecule has 4 rings (SSSR count). The molecule has 1 saturated carbocycles. The molecule has 2 fully saturated rings. The van der Waals surface area contributed by atoms with Crippen molar-refractivity contribution >= 4 is 34.2 Å². The lowest BCUT2D eigenvalue weighted by Crippen LogP contribution is -2.52. The highest BCUT2D eigenvalue weighted by molar-refractivity contribution is 7.13. The van der Waals surface area contributed by atoms with Crippen LogP contribution in [0.5, 0.6) is 0 Å². The van der Waals surface area contributed by atoms with Gasteiger partial charge in [-0.1, -0.05) is 76.3 Å². The molecule has 0 bridgehead atoms. The molecule has 1 aliphatic heterocycles. The van der Waals surface area contributed by atoms with E-state index >= 15 is 0 Å². The summed E-state index contributed by atoms with van der Waals surface area (Å²) >= 11 is 1.27. The van der Waals surface area contributed by atoms with Gasteiger partial charge in [-0.3, -0.25) is 19.3 Å². The van der Waals surface area contributed by atoms with E-state index in [9.17, 15) is 24.6 Å². The number of likely N-dealkylation sites (N-methyl/N-ethyl adjacent to an activating group) is 1. The van der Waals surface area contributed by atoms with Crippen LogP contribution in [0.3, 0.4) is 0 Å². The number of nitrogen functional groups attached to an aromatic ring is 1. The molecule has 0 unspecified atom stereocenters. The van der Waals surface area contributed by atoms with Crippen LogP contribution in [0.25, 0.3) is 0 Å². The maximum absolute atomic E-state index is 14.4. The van der Waals surface area contributed by atoms with Crippen molar-refractivity contribution in [2.45, 2.75) is 103 Å². The van der Waals surface area contributed by atoms with Gasteiger partial charge in [0.2, 0.25) is 17.7 Å². The molecule has 52 heavy (non-hydrogen) atoms. The van der Waals surface area contributed by atoms with Crippen LogP contribution < -0.4 is 11.1 Å². The van der Waals surface area contributed by atoms with E-state index in [-0.39, 0.29) is 37.1 Å². The van der Waals surface area contributed by atoms with Gasteiger partial charge in [0, 0.05) is 51.4 Å². The highest BCUT2D eigenvalue weighted by Crippen LogP contribution is 2.30. The predicted molar refractivity (Wildman–Crippen MR) is 204 cm³/mol. The first-order chi connectivity index (χ1) is 24.9. The zero-order valence-corrected chi connectivity index (χ0v) is 32.4. The number of nitrogens with zero attached hydrogens (tertiary/aromatic N) is 4. The molecule has 5 N–H and O–H groups in total. The molecule has 3 amide bonds. The van der Waals surface area contributed by atoms with E-state index in [0.717, 1.165) is 44.3 Å². The number of rotatable bonds is 19. The molecular weight excluding hydrogens is 681 g/mol. The van der Waals surface area contributed by atoms with Gasteiger partial charge >= 0.3 is 0 Å². The Hall–Kier alpha value is -3.10. The fourth-order valence-corrected chi connectivity index (χ4v) is 7.95. The number of carbonyl (C=O) groups excluding carboxylic acids is 3. The third-order valence-electron chi connectivity index (χ3n) is 10.6. The average Bonchev–Trinajstić information content (AvgIpc) is 3.56. The highest BCUT2D eigenvalue weighted by Gasteiger charge is 2.35. The first-order valence-corrected chi connectivity index (χ1v) is 20.0. The van der Waals surface area contributed by atoms with Crippen LogP contribution in [0.15, 0.2) is 35.7 Å². The minimum absolute atomic E-state index is 0.142. The number of thiazole rings is 1. The Morgan fingerprint density at radius 1 is 1.06 bits per heavy atom. The smallest absolute Gasteiger partial charge is 0.242 e. The molecule has 0 radical (unpaired) electrons. The molecule has 2 heterocycles. The normalized spacial score (nSPS) is 18.7. The van der Waals surface area contributed by atoms with Crippen molar-refractivity contribution in [1.29, 1.82) is 0 Å². The van der Waals surface area contributed by atoms with Gasteiger partial charge in [-0.25, -0.2) is 4.98 Å². The summed E-state index contributed by atoms with van der Waals surface area (Å²) in [6.45, 7) is 9.96. The van der Waals surface area contributed by atoms with Gasteiger partial charge in [-0.15, -0.1) is 11.3 Å². The van der Waals surface area contributed by atoms with Gasteiger partial charge in [0.1, 0.15) is 12.6 Å². The van der Waals surface area contributed by atoms with Crippen molar-refractivity contribution in [2.75, 3.05) is 58.7 Å². The predicted octanol–water partition coefficient (Wildman–Crippen LogP) is 3.88. The zero-order chi connectivity index (χ0) is 37.6. The van der Waals surface area contributed by atoms with Gasteiger partial charge in [0.15, 0.2) is 5.13 Å². The van der Waals surface area contributed by atoms with Gasteiger partial charge in [0.25, 0.3) is 0 Å². The number of aliphatic hydroxyl groups is 2. The maximum Gasteiger partial charge on any atom is 0.242 e. The molecule has 2 aromatic rings.